The number of benzene rings is 1. The molecule has 1 N–H and O–H groups in total. The van der Waals surface area contributed by atoms with Crippen molar-refractivity contribution in [3.8, 4) is 0 Å². The van der Waals surface area contributed by atoms with Crippen LogP contribution < -0.4 is 11.0 Å². The van der Waals surface area contributed by atoms with Crippen molar-refractivity contribution in [3.63, 3.8) is 0 Å². The molecule has 136 valence electrons. The van der Waals surface area contributed by atoms with Crippen molar-refractivity contribution >= 4 is 16.9 Å². The van der Waals surface area contributed by atoms with Crippen LogP contribution in [-0.2, 0) is 23.1 Å². The number of para-hydroxylation sites is 2. The Labute approximate surface area is 147 Å². The number of nitrogens with one attached hydrogen (secondary N) is 1. The SMILES string of the molecule is C[C@@H]1CCCC[C@@H]1OCCNC(=O)Cn1c(=O)n(C)c2ccccc21. The number of carbonyl (C=O) groups excluding carboxylic acids is 1. The van der Waals surface area contributed by atoms with Crippen molar-refractivity contribution in [2.24, 2.45) is 13.0 Å². The van der Waals surface area contributed by atoms with E-state index in [9.17, 15) is 9.59 Å². The fraction of sp³-hybridized carbons (Fsp3) is 0.579. The average molecular weight is 345 g/mol. The van der Waals surface area contributed by atoms with E-state index in [1.165, 1.54) is 23.8 Å². The van der Waals surface area contributed by atoms with Crippen LogP contribution in [0.15, 0.2) is 29.1 Å². The standard InChI is InChI=1S/C19H27N3O3/c1-14-7-3-6-10-17(14)25-12-11-20-18(23)13-22-16-9-5-4-8-15(16)21(2)19(22)24/h4-5,8-9,14,17H,3,6-7,10-13H2,1-2H3,(H,20,23)/t14-,17+/m1/s1. The van der Waals surface area contributed by atoms with Gasteiger partial charge in [0.05, 0.1) is 23.7 Å². The van der Waals surface area contributed by atoms with Gasteiger partial charge in [0.2, 0.25) is 5.91 Å². The monoisotopic (exact) mass is 345 g/mol. The molecular formula is C19H27N3O3. The summed E-state index contributed by atoms with van der Waals surface area (Å²) in [5.74, 6) is 0.428. The highest BCUT2D eigenvalue weighted by atomic mass is 16.5. The van der Waals surface area contributed by atoms with Gasteiger partial charge < -0.3 is 10.1 Å². The molecule has 1 heterocycles. The first kappa shape index (κ1) is 17.7. The van der Waals surface area contributed by atoms with Crippen molar-refractivity contribution in [2.45, 2.75) is 45.3 Å². The number of carbonyl (C=O) groups is 1. The molecule has 0 aliphatic heterocycles. The molecule has 1 aliphatic carbocycles. The molecule has 6 heteroatoms. The quantitative estimate of drug-likeness (QED) is 0.815. The molecule has 1 amide bonds. The largest absolute Gasteiger partial charge is 0.376 e. The average Bonchev–Trinajstić information content (AvgIpc) is 2.85. The minimum atomic E-state index is -0.177. The second-order valence-electron chi connectivity index (χ2n) is 6.94. The molecule has 1 saturated carbocycles. The van der Waals surface area contributed by atoms with Crippen molar-refractivity contribution in [2.75, 3.05) is 13.2 Å². The highest BCUT2D eigenvalue weighted by molar-refractivity contribution is 5.80. The van der Waals surface area contributed by atoms with E-state index in [2.05, 4.69) is 12.2 Å². The van der Waals surface area contributed by atoms with E-state index in [4.69, 9.17) is 4.74 Å². The zero-order chi connectivity index (χ0) is 17.8. The molecule has 0 unspecified atom stereocenters. The van der Waals surface area contributed by atoms with E-state index in [1.54, 1.807) is 11.6 Å². The molecule has 0 saturated heterocycles. The third-order valence-electron chi connectivity index (χ3n) is 5.14. The fourth-order valence-corrected chi connectivity index (χ4v) is 3.65. The number of rotatable bonds is 6. The van der Waals surface area contributed by atoms with Crippen LogP contribution in [0.3, 0.4) is 0 Å². The van der Waals surface area contributed by atoms with Crippen LogP contribution in [0, 0.1) is 5.92 Å². The van der Waals surface area contributed by atoms with Crippen molar-refractivity contribution in [3.05, 3.63) is 34.7 Å². The summed E-state index contributed by atoms with van der Waals surface area (Å²) in [6.07, 6.45) is 5.16. The van der Waals surface area contributed by atoms with E-state index in [-0.39, 0.29) is 18.1 Å². The van der Waals surface area contributed by atoms with Gasteiger partial charge in [0.1, 0.15) is 6.54 Å². The number of hydrogen-bond acceptors (Lipinski definition) is 3. The Morgan fingerprint density at radius 2 is 1.96 bits per heavy atom. The number of fused-ring (bicyclic) bond motifs is 1. The van der Waals surface area contributed by atoms with Gasteiger partial charge in [0.15, 0.2) is 0 Å². The molecule has 1 aliphatic rings. The van der Waals surface area contributed by atoms with Gasteiger partial charge in [-0.25, -0.2) is 4.79 Å². The minimum Gasteiger partial charge on any atom is -0.376 e. The lowest BCUT2D eigenvalue weighted by atomic mass is 9.88. The number of nitrogens with zero attached hydrogens (tertiary/aromatic N) is 2. The zero-order valence-corrected chi connectivity index (χ0v) is 15.0. The number of imidazole rings is 1. The Hall–Kier alpha value is -2.08. The first-order chi connectivity index (χ1) is 12.1. The van der Waals surface area contributed by atoms with Crippen molar-refractivity contribution < 1.29 is 9.53 Å². The van der Waals surface area contributed by atoms with E-state index in [0.29, 0.717) is 25.2 Å². The molecule has 0 bridgehead atoms. The summed E-state index contributed by atoms with van der Waals surface area (Å²) in [6.45, 7) is 3.25. The van der Waals surface area contributed by atoms with Gasteiger partial charge in [-0.15, -0.1) is 0 Å². The molecule has 0 radical (unpaired) electrons. The molecule has 1 aromatic carbocycles. The summed E-state index contributed by atoms with van der Waals surface area (Å²) in [6, 6.07) is 7.49. The fourth-order valence-electron chi connectivity index (χ4n) is 3.65. The Kier molecular flexibility index (Phi) is 5.58. The maximum absolute atomic E-state index is 12.3. The zero-order valence-electron chi connectivity index (χ0n) is 15.0. The Balaban J connectivity index is 1.52. The third-order valence-corrected chi connectivity index (χ3v) is 5.14. The van der Waals surface area contributed by atoms with E-state index < -0.39 is 0 Å². The van der Waals surface area contributed by atoms with Crippen molar-refractivity contribution in [1.29, 1.82) is 0 Å². The summed E-state index contributed by atoms with van der Waals surface area (Å²) in [4.78, 5) is 24.5. The van der Waals surface area contributed by atoms with Crippen LogP contribution in [0.2, 0.25) is 0 Å². The maximum Gasteiger partial charge on any atom is 0.329 e. The topological polar surface area (TPSA) is 65.3 Å². The van der Waals surface area contributed by atoms with Crippen LogP contribution >= 0.6 is 0 Å². The number of aryl methyl sites for hydroxylation is 1. The molecule has 1 fully saturated rings. The van der Waals surface area contributed by atoms with Crippen LogP contribution in [-0.4, -0.2) is 34.3 Å². The van der Waals surface area contributed by atoms with Crippen LogP contribution in [0.25, 0.3) is 11.0 Å². The molecule has 6 nitrogen and oxygen atoms in total. The maximum atomic E-state index is 12.3. The first-order valence-corrected chi connectivity index (χ1v) is 9.10. The second kappa shape index (κ2) is 7.87. The molecule has 3 rings (SSSR count). The minimum absolute atomic E-state index is 0.0278. The predicted octanol–water partition coefficient (Wildman–Crippen LogP) is 2.05. The predicted molar refractivity (Wildman–Crippen MR) is 97.6 cm³/mol. The normalized spacial score (nSPS) is 20.7. The summed E-state index contributed by atoms with van der Waals surface area (Å²) in [7, 11) is 1.72. The smallest absolute Gasteiger partial charge is 0.329 e. The van der Waals surface area contributed by atoms with Gasteiger partial charge in [-0.05, 0) is 30.9 Å². The molecule has 2 aromatic rings. The van der Waals surface area contributed by atoms with E-state index in [0.717, 1.165) is 17.5 Å². The van der Waals surface area contributed by atoms with Gasteiger partial charge in [-0.2, -0.15) is 0 Å². The van der Waals surface area contributed by atoms with Gasteiger partial charge in [0, 0.05) is 13.6 Å². The third kappa shape index (κ3) is 3.95. The van der Waals surface area contributed by atoms with Crippen LogP contribution in [0.1, 0.15) is 32.6 Å². The molecule has 0 spiro atoms. The Morgan fingerprint density at radius 3 is 2.72 bits per heavy atom. The number of ether oxygens (including phenoxy) is 1. The molecule has 1 aromatic heterocycles. The Morgan fingerprint density at radius 1 is 1.24 bits per heavy atom. The van der Waals surface area contributed by atoms with Crippen LogP contribution in [0.4, 0.5) is 0 Å². The lowest BCUT2D eigenvalue weighted by Crippen LogP contribution is -2.35. The summed E-state index contributed by atoms with van der Waals surface area (Å²) < 4.78 is 8.98. The van der Waals surface area contributed by atoms with E-state index >= 15 is 0 Å². The molecule has 2 atom stereocenters. The van der Waals surface area contributed by atoms with Crippen molar-refractivity contribution in [1.82, 2.24) is 14.5 Å². The Bertz CT molecular complexity index is 793. The number of hydrogen-bond donors (Lipinski definition) is 1. The summed E-state index contributed by atoms with van der Waals surface area (Å²) >= 11 is 0. The summed E-state index contributed by atoms with van der Waals surface area (Å²) in [5.41, 5.74) is 1.43. The lowest BCUT2D eigenvalue weighted by Gasteiger charge is -2.28. The van der Waals surface area contributed by atoms with Gasteiger partial charge in [-0.3, -0.25) is 13.9 Å². The van der Waals surface area contributed by atoms with Gasteiger partial charge in [0.25, 0.3) is 0 Å². The summed E-state index contributed by atoms with van der Waals surface area (Å²) in [5, 5.41) is 2.85. The molecular weight excluding hydrogens is 318 g/mol. The van der Waals surface area contributed by atoms with Gasteiger partial charge in [-0.1, -0.05) is 31.9 Å². The van der Waals surface area contributed by atoms with E-state index in [1.807, 2.05) is 24.3 Å². The lowest BCUT2D eigenvalue weighted by molar-refractivity contribution is -0.122. The number of amides is 1. The first-order valence-electron chi connectivity index (χ1n) is 9.10. The number of aromatic nitrogens is 2. The highest BCUT2D eigenvalue weighted by Gasteiger charge is 2.21. The van der Waals surface area contributed by atoms with Crippen LogP contribution in [0.5, 0.6) is 0 Å². The second-order valence-corrected chi connectivity index (χ2v) is 6.94. The van der Waals surface area contributed by atoms with Gasteiger partial charge >= 0.3 is 5.69 Å². The molecule has 25 heavy (non-hydrogen) atoms. The highest BCUT2D eigenvalue weighted by Crippen LogP contribution is 2.25.